The van der Waals surface area contributed by atoms with Gasteiger partial charge in [0.15, 0.2) is 0 Å². The largest absolute Gasteiger partial charge is 0.287 e. The summed E-state index contributed by atoms with van der Waals surface area (Å²) in [6.07, 6.45) is 10.1. The Balaban J connectivity index is 3.66. The molecule has 0 aromatic heterocycles. The normalized spacial score (nSPS) is 10.9. The lowest BCUT2D eigenvalue weighted by molar-refractivity contribution is 0.327. The molecule has 0 heterocycles. The Morgan fingerprint density at radius 1 is 0.529 bits per heavy atom. The number of hydrogen-bond acceptors (Lipinski definition) is 5. The zero-order chi connectivity index (χ0) is 13.0. The minimum atomic E-state index is 0.191. The van der Waals surface area contributed by atoms with Gasteiger partial charge in [-0.3, -0.25) is 5.11 Å². The third-order valence-electron chi connectivity index (χ3n) is 2.26. The summed E-state index contributed by atoms with van der Waals surface area (Å²) in [6.45, 7) is 0. The highest BCUT2D eigenvalue weighted by molar-refractivity contribution is 8.05. The standard InChI is InChI=1S/C11H15OS5/c1-13-7-6(12)8(14-2)10(16-4)11(17-5)9(7)15-3/h1-5H3. The van der Waals surface area contributed by atoms with E-state index in [1.807, 2.05) is 25.0 Å². The lowest BCUT2D eigenvalue weighted by atomic mass is 10.3. The van der Waals surface area contributed by atoms with E-state index in [1.165, 1.54) is 4.90 Å². The molecule has 1 rings (SSSR count). The van der Waals surface area contributed by atoms with Gasteiger partial charge in [-0.25, -0.2) is 0 Å². The van der Waals surface area contributed by atoms with Crippen LogP contribution in [0.5, 0.6) is 5.75 Å². The molecule has 0 N–H and O–H groups in total. The van der Waals surface area contributed by atoms with E-state index in [2.05, 4.69) is 6.26 Å². The highest BCUT2D eigenvalue weighted by atomic mass is 32.2. The zero-order valence-corrected chi connectivity index (χ0v) is 14.5. The molecule has 0 saturated carbocycles. The van der Waals surface area contributed by atoms with Crippen LogP contribution < -0.4 is 0 Å². The zero-order valence-electron chi connectivity index (χ0n) is 10.4. The molecule has 0 atom stereocenters. The van der Waals surface area contributed by atoms with Gasteiger partial charge in [-0.1, -0.05) is 0 Å². The second-order valence-corrected chi connectivity index (χ2v) is 7.08. The Morgan fingerprint density at radius 3 is 1.00 bits per heavy atom. The molecule has 0 unspecified atom stereocenters. The van der Waals surface area contributed by atoms with Gasteiger partial charge in [-0.2, -0.15) is 0 Å². The average Bonchev–Trinajstić information content (AvgIpc) is 2.36. The Morgan fingerprint density at radius 2 is 0.765 bits per heavy atom. The molecule has 0 saturated heterocycles. The van der Waals surface area contributed by atoms with E-state index in [1.54, 1.807) is 58.8 Å². The molecule has 0 fully saturated rings. The molecule has 95 valence electrons. The highest BCUT2D eigenvalue weighted by Crippen LogP contribution is 2.52. The van der Waals surface area contributed by atoms with Crippen molar-refractivity contribution in [2.75, 3.05) is 31.3 Å². The summed E-state index contributed by atoms with van der Waals surface area (Å²) in [7, 11) is 0. The molecule has 1 nitrogen and oxygen atoms in total. The van der Waals surface area contributed by atoms with Crippen LogP contribution in [-0.4, -0.2) is 31.3 Å². The molecule has 17 heavy (non-hydrogen) atoms. The topological polar surface area (TPSA) is 19.9 Å². The van der Waals surface area contributed by atoms with Crippen LogP contribution >= 0.6 is 58.8 Å². The monoisotopic (exact) mass is 323 g/mol. The van der Waals surface area contributed by atoms with Crippen LogP contribution in [0.25, 0.3) is 0 Å². The molecule has 0 aliphatic rings. The maximum atomic E-state index is 12.4. The van der Waals surface area contributed by atoms with Crippen LogP contribution in [0.15, 0.2) is 24.5 Å². The van der Waals surface area contributed by atoms with Crippen molar-refractivity contribution in [2.24, 2.45) is 0 Å². The van der Waals surface area contributed by atoms with Crippen LogP contribution in [0.2, 0.25) is 0 Å². The van der Waals surface area contributed by atoms with Gasteiger partial charge in [0.25, 0.3) is 0 Å². The van der Waals surface area contributed by atoms with Crippen molar-refractivity contribution in [3.05, 3.63) is 0 Å². The lowest BCUT2D eigenvalue weighted by Gasteiger charge is -2.17. The van der Waals surface area contributed by atoms with Crippen molar-refractivity contribution in [3.8, 4) is 5.75 Å². The van der Waals surface area contributed by atoms with E-state index < -0.39 is 0 Å². The number of rotatable bonds is 5. The molecule has 1 aromatic carbocycles. The summed E-state index contributed by atoms with van der Waals surface area (Å²) in [5.74, 6) is 0.191. The second kappa shape index (κ2) is 7.38. The smallest absolute Gasteiger partial charge is 0.207 e. The SMILES string of the molecule is CSc1c([O])c(SC)c(SC)c(SC)c1SC. The van der Waals surface area contributed by atoms with Crippen molar-refractivity contribution in [1.29, 1.82) is 0 Å². The minimum absolute atomic E-state index is 0.191. The molecular weight excluding hydrogens is 308 g/mol. The van der Waals surface area contributed by atoms with Crippen LogP contribution in [0.1, 0.15) is 0 Å². The molecular formula is C11H15OS5. The van der Waals surface area contributed by atoms with E-state index in [0.717, 1.165) is 19.6 Å². The van der Waals surface area contributed by atoms with Gasteiger partial charge in [-0.15, -0.1) is 58.8 Å². The Bertz CT molecular complexity index is 372. The fourth-order valence-corrected chi connectivity index (χ4v) is 6.66. The predicted molar refractivity (Wildman–Crippen MR) is 85.5 cm³/mol. The van der Waals surface area contributed by atoms with Gasteiger partial charge in [0, 0.05) is 14.7 Å². The van der Waals surface area contributed by atoms with Gasteiger partial charge < -0.3 is 0 Å². The quantitative estimate of drug-likeness (QED) is 0.670. The van der Waals surface area contributed by atoms with Crippen molar-refractivity contribution in [1.82, 2.24) is 0 Å². The fourth-order valence-electron chi connectivity index (χ4n) is 1.55. The molecule has 1 radical (unpaired) electrons. The molecule has 0 spiro atoms. The summed E-state index contributed by atoms with van der Waals surface area (Å²) >= 11 is 8.18. The number of thioether (sulfide) groups is 5. The molecule has 0 aliphatic heterocycles. The number of benzene rings is 1. The first-order chi connectivity index (χ1) is 8.15. The molecule has 6 heteroatoms. The Labute approximate surface area is 125 Å². The fraction of sp³-hybridized carbons (Fsp3) is 0.455. The molecule has 1 aromatic rings. The highest BCUT2D eigenvalue weighted by Gasteiger charge is 2.23. The van der Waals surface area contributed by atoms with Gasteiger partial charge in [0.1, 0.15) is 0 Å². The summed E-state index contributed by atoms with van der Waals surface area (Å²) in [4.78, 5) is 5.31. The van der Waals surface area contributed by atoms with Crippen LogP contribution in [-0.2, 0) is 5.11 Å². The summed E-state index contributed by atoms with van der Waals surface area (Å²) in [5, 5.41) is 12.4. The van der Waals surface area contributed by atoms with Gasteiger partial charge in [0.2, 0.25) is 5.75 Å². The Hall–Kier alpha value is 0.770. The van der Waals surface area contributed by atoms with Gasteiger partial charge >= 0.3 is 0 Å². The van der Waals surface area contributed by atoms with Crippen LogP contribution in [0.4, 0.5) is 0 Å². The first kappa shape index (κ1) is 15.8. The van der Waals surface area contributed by atoms with Crippen molar-refractivity contribution >= 4 is 58.8 Å². The predicted octanol–water partition coefficient (Wildman–Crippen LogP) is 5.44. The summed E-state index contributed by atoms with van der Waals surface area (Å²) in [5.41, 5.74) is 0. The van der Waals surface area contributed by atoms with Crippen LogP contribution in [0.3, 0.4) is 0 Å². The Kier molecular flexibility index (Phi) is 6.87. The second-order valence-electron chi connectivity index (χ2n) is 3.00. The minimum Gasteiger partial charge on any atom is -0.287 e. The van der Waals surface area contributed by atoms with Crippen molar-refractivity contribution in [2.45, 2.75) is 24.5 Å². The lowest BCUT2D eigenvalue weighted by Crippen LogP contribution is -1.91. The maximum absolute atomic E-state index is 12.4. The maximum Gasteiger partial charge on any atom is 0.207 e. The first-order valence-electron chi connectivity index (χ1n) is 4.77. The van der Waals surface area contributed by atoms with Crippen molar-refractivity contribution in [3.63, 3.8) is 0 Å². The third-order valence-corrected chi connectivity index (χ3v) is 6.82. The van der Waals surface area contributed by atoms with Gasteiger partial charge in [-0.05, 0) is 31.3 Å². The molecule has 0 aliphatic carbocycles. The van der Waals surface area contributed by atoms with Crippen LogP contribution in [0, 0.1) is 0 Å². The van der Waals surface area contributed by atoms with Gasteiger partial charge in [0.05, 0.1) is 9.79 Å². The van der Waals surface area contributed by atoms with E-state index in [4.69, 9.17) is 0 Å². The summed E-state index contributed by atoms with van der Waals surface area (Å²) in [6, 6.07) is 0. The third kappa shape index (κ3) is 3.03. The van der Waals surface area contributed by atoms with E-state index in [0.29, 0.717) is 0 Å². The van der Waals surface area contributed by atoms with E-state index >= 15 is 0 Å². The number of hydrogen-bond donors (Lipinski definition) is 0. The molecule has 0 bridgehead atoms. The average molecular weight is 324 g/mol. The molecule has 0 amide bonds. The van der Waals surface area contributed by atoms with Crippen molar-refractivity contribution < 1.29 is 5.11 Å². The van der Waals surface area contributed by atoms with E-state index in [-0.39, 0.29) is 5.75 Å². The first-order valence-corrected chi connectivity index (χ1v) is 10.9. The van der Waals surface area contributed by atoms with E-state index in [9.17, 15) is 5.11 Å². The summed E-state index contributed by atoms with van der Waals surface area (Å²) < 4.78 is 0.